The first-order valence-electron chi connectivity index (χ1n) is 8.46. The SMILES string of the molecule is O=C(CN(c1cc(Cl)ccc1Cl)S(=O)(=O)c1ccccc1)Nc1ccc(F)cc1F. The van der Waals surface area contributed by atoms with Gasteiger partial charge in [-0.3, -0.25) is 9.10 Å². The Labute approximate surface area is 181 Å². The van der Waals surface area contributed by atoms with Crippen LogP contribution in [0.5, 0.6) is 0 Å². The summed E-state index contributed by atoms with van der Waals surface area (Å²) in [6, 6.07) is 14.2. The summed E-state index contributed by atoms with van der Waals surface area (Å²) < 4.78 is 54.1. The highest BCUT2D eigenvalue weighted by atomic mass is 35.5. The highest BCUT2D eigenvalue weighted by molar-refractivity contribution is 7.92. The first kappa shape index (κ1) is 22.0. The van der Waals surface area contributed by atoms with E-state index in [4.69, 9.17) is 23.2 Å². The zero-order valence-corrected chi connectivity index (χ0v) is 17.5. The van der Waals surface area contributed by atoms with Crippen molar-refractivity contribution in [3.63, 3.8) is 0 Å². The molecule has 0 aromatic heterocycles. The largest absolute Gasteiger partial charge is 0.322 e. The van der Waals surface area contributed by atoms with Crippen molar-refractivity contribution in [1.82, 2.24) is 0 Å². The summed E-state index contributed by atoms with van der Waals surface area (Å²) in [6.45, 7) is -0.728. The van der Waals surface area contributed by atoms with Gasteiger partial charge in [-0.15, -0.1) is 0 Å². The van der Waals surface area contributed by atoms with Crippen molar-refractivity contribution in [2.24, 2.45) is 0 Å². The molecule has 3 aromatic rings. The maximum atomic E-state index is 13.9. The second-order valence-corrected chi connectivity index (χ2v) is 8.80. The highest BCUT2D eigenvalue weighted by Gasteiger charge is 2.29. The minimum atomic E-state index is -4.22. The van der Waals surface area contributed by atoms with Crippen LogP contribution in [0.2, 0.25) is 10.0 Å². The summed E-state index contributed by atoms with van der Waals surface area (Å²) in [6.07, 6.45) is 0. The molecule has 156 valence electrons. The second kappa shape index (κ2) is 8.99. The number of hydrogen-bond donors (Lipinski definition) is 1. The summed E-state index contributed by atoms with van der Waals surface area (Å²) in [7, 11) is -4.22. The zero-order valence-electron chi connectivity index (χ0n) is 15.2. The van der Waals surface area contributed by atoms with Crippen LogP contribution >= 0.6 is 23.2 Å². The van der Waals surface area contributed by atoms with Gasteiger partial charge in [0.2, 0.25) is 5.91 Å². The van der Waals surface area contributed by atoms with E-state index in [0.717, 1.165) is 16.4 Å². The molecule has 0 heterocycles. The maximum absolute atomic E-state index is 13.9. The van der Waals surface area contributed by atoms with Gasteiger partial charge in [0, 0.05) is 11.1 Å². The summed E-state index contributed by atoms with van der Waals surface area (Å²) in [4.78, 5) is 12.5. The van der Waals surface area contributed by atoms with Crippen molar-refractivity contribution in [1.29, 1.82) is 0 Å². The van der Waals surface area contributed by atoms with Crippen molar-refractivity contribution in [3.8, 4) is 0 Å². The summed E-state index contributed by atoms with van der Waals surface area (Å²) >= 11 is 12.2. The van der Waals surface area contributed by atoms with E-state index in [1.54, 1.807) is 6.07 Å². The van der Waals surface area contributed by atoms with Crippen molar-refractivity contribution in [3.05, 3.63) is 88.4 Å². The van der Waals surface area contributed by atoms with E-state index in [0.29, 0.717) is 6.07 Å². The van der Waals surface area contributed by atoms with Gasteiger partial charge in [0.15, 0.2) is 0 Å². The van der Waals surface area contributed by atoms with E-state index in [2.05, 4.69) is 5.32 Å². The fourth-order valence-corrected chi connectivity index (χ4v) is 4.50. The lowest BCUT2D eigenvalue weighted by molar-refractivity contribution is -0.114. The molecule has 0 spiro atoms. The third-order valence-corrected chi connectivity index (χ3v) is 6.33. The topological polar surface area (TPSA) is 66.5 Å². The average Bonchev–Trinajstić information content (AvgIpc) is 2.71. The lowest BCUT2D eigenvalue weighted by Gasteiger charge is -2.25. The molecule has 5 nitrogen and oxygen atoms in total. The molecular weight excluding hydrogens is 457 g/mol. The zero-order chi connectivity index (χ0) is 21.9. The predicted molar refractivity (Wildman–Crippen MR) is 112 cm³/mol. The smallest absolute Gasteiger partial charge is 0.264 e. The Morgan fingerprint density at radius 2 is 1.67 bits per heavy atom. The Kier molecular flexibility index (Phi) is 6.60. The monoisotopic (exact) mass is 470 g/mol. The molecule has 0 aliphatic carbocycles. The van der Waals surface area contributed by atoms with Gasteiger partial charge in [0.1, 0.15) is 18.2 Å². The Morgan fingerprint density at radius 3 is 2.33 bits per heavy atom. The Bertz CT molecular complexity index is 1190. The number of rotatable bonds is 6. The lowest BCUT2D eigenvalue weighted by atomic mass is 10.3. The molecule has 3 rings (SSSR count). The maximum Gasteiger partial charge on any atom is 0.264 e. The van der Waals surface area contributed by atoms with E-state index in [1.165, 1.54) is 42.5 Å². The molecule has 0 unspecified atom stereocenters. The van der Waals surface area contributed by atoms with Crippen LogP contribution in [-0.2, 0) is 14.8 Å². The molecule has 30 heavy (non-hydrogen) atoms. The molecule has 0 aliphatic heterocycles. The van der Waals surface area contributed by atoms with Gasteiger partial charge in [-0.1, -0.05) is 41.4 Å². The van der Waals surface area contributed by atoms with Crippen LogP contribution in [0.15, 0.2) is 71.6 Å². The van der Waals surface area contributed by atoms with Crippen LogP contribution < -0.4 is 9.62 Å². The number of sulfonamides is 1. The van der Waals surface area contributed by atoms with Crippen molar-refractivity contribution in [2.75, 3.05) is 16.2 Å². The molecular formula is C20H14Cl2F2N2O3S. The summed E-state index contributed by atoms with van der Waals surface area (Å²) in [5.41, 5.74) is -0.321. The molecule has 0 fully saturated rings. The number of anilines is 2. The van der Waals surface area contributed by atoms with Crippen molar-refractivity contribution < 1.29 is 22.0 Å². The first-order valence-corrected chi connectivity index (χ1v) is 10.7. The standard InChI is InChI=1S/C20H14Cl2F2N2O3S/c21-13-6-8-16(22)19(10-13)26(30(28,29)15-4-2-1-3-5-15)12-20(27)25-18-9-7-14(23)11-17(18)24/h1-11H,12H2,(H,25,27). The highest BCUT2D eigenvalue weighted by Crippen LogP contribution is 2.33. The lowest BCUT2D eigenvalue weighted by Crippen LogP contribution is -2.38. The molecule has 0 bridgehead atoms. The minimum Gasteiger partial charge on any atom is -0.322 e. The van der Waals surface area contributed by atoms with Crippen molar-refractivity contribution >= 4 is 50.5 Å². The van der Waals surface area contributed by atoms with Gasteiger partial charge in [-0.25, -0.2) is 17.2 Å². The molecule has 0 aliphatic rings. The number of hydrogen-bond acceptors (Lipinski definition) is 3. The molecule has 0 atom stereocenters. The molecule has 1 amide bonds. The number of nitrogens with zero attached hydrogens (tertiary/aromatic N) is 1. The minimum absolute atomic E-state index is 0.0252. The Hall–Kier alpha value is -2.68. The molecule has 10 heteroatoms. The molecule has 0 saturated carbocycles. The van der Waals surface area contributed by atoms with Crippen LogP contribution in [0.3, 0.4) is 0 Å². The van der Waals surface area contributed by atoms with Gasteiger partial charge in [0.05, 0.1) is 21.3 Å². The average molecular weight is 471 g/mol. The second-order valence-electron chi connectivity index (χ2n) is 6.09. The van der Waals surface area contributed by atoms with Gasteiger partial charge >= 0.3 is 0 Å². The van der Waals surface area contributed by atoms with Crippen LogP contribution in [0.1, 0.15) is 0 Å². The number of carbonyl (C=O) groups is 1. The molecule has 0 saturated heterocycles. The Balaban J connectivity index is 1.99. The quantitative estimate of drug-likeness (QED) is 0.544. The predicted octanol–water partition coefficient (Wildman–Crippen LogP) is 5.11. The van der Waals surface area contributed by atoms with E-state index in [-0.39, 0.29) is 26.3 Å². The summed E-state index contributed by atoms with van der Waals surface area (Å²) in [5.74, 6) is -2.68. The molecule has 0 radical (unpaired) electrons. The fourth-order valence-electron chi connectivity index (χ4n) is 2.61. The fraction of sp³-hybridized carbons (Fsp3) is 0.0500. The van der Waals surface area contributed by atoms with Gasteiger partial charge in [0.25, 0.3) is 10.0 Å². The van der Waals surface area contributed by atoms with Gasteiger partial charge in [-0.2, -0.15) is 0 Å². The molecule has 3 aromatic carbocycles. The number of nitrogens with one attached hydrogen (secondary N) is 1. The third kappa shape index (κ3) is 4.89. The summed E-state index contributed by atoms with van der Waals surface area (Å²) in [5, 5.41) is 2.48. The number of carbonyl (C=O) groups excluding carboxylic acids is 1. The van der Waals surface area contributed by atoms with Crippen LogP contribution in [-0.4, -0.2) is 20.9 Å². The Morgan fingerprint density at radius 1 is 0.967 bits per heavy atom. The first-order chi connectivity index (χ1) is 14.2. The van der Waals surface area contributed by atoms with Crippen LogP contribution in [0, 0.1) is 11.6 Å². The third-order valence-electron chi connectivity index (χ3n) is 4.00. The van der Waals surface area contributed by atoms with E-state index in [1.807, 2.05) is 0 Å². The normalized spacial score (nSPS) is 11.2. The van der Waals surface area contributed by atoms with Crippen LogP contribution in [0.4, 0.5) is 20.2 Å². The van der Waals surface area contributed by atoms with Crippen molar-refractivity contribution in [2.45, 2.75) is 4.90 Å². The van der Waals surface area contributed by atoms with E-state index < -0.39 is 34.1 Å². The van der Waals surface area contributed by atoms with Gasteiger partial charge < -0.3 is 5.32 Å². The van der Waals surface area contributed by atoms with E-state index in [9.17, 15) is 22.0 Å². The number of halogens is 4. The number of amides is 1. The number of benzene rings is 3. The van der Waals surface area contributed by atoms with E-state index >= 15 is 0 Å². The van der Waals surface area contributed by atoms with Crippen LogP contribution in [0.25, 0.3) is 0 Å². The molecule has 1 N–H and O–H groups in total. The van der Waals surface area contributed by atoms with Gasteiger partial charge in [-0.05, 0) is 42.5 Å².